The number of esters is 1. The van der Waals surface area contributed by atoms with Crippen LogP contribution in [0.15, 0.2) is 35.1 Å². The van der Waals surface area contributed by atoms with Gasteiger partial charge in [-0.2, -0.15) is 0 Å². The molecule has 7 nitrogen and oxygen atoms in total. The fourth-order valence-corrected chi connectivity index (χ4v) is 5.09. The summed E-state index contributed by atoms with van der Waals surface area (Å²) in [7, 11) is 0. The van der Waals surface area contributed by atoms with Gasteiger partial charge in [-0.1, -0.05) is 30.3 Å². The molecule has 8 heteroatoms. The largest absolute Gasteiger partial charge is 0.443 e. The van der Waals surface area contributed by atoms with E-state index in [-0.39, 0.29) is 11.5 Å². The number of benzene rings is 1. The lowest BCUT2D eigenvalue weighted by Crippen LogP contribution is -2.36. The van der Waals surface area contributed by atoms with Crippen molar-refractivity contribution in [1.82, 2.24) is 14.5 Å². The Hall–Kier alpha value is -3.00. The Kier molecular flexibility index (Phi) is 5.91. The molecule has 4 rings (SSSR count). The van der Waals surface area contributed by atoms with E-state index < -0.39 is 12.1 Å². The SMILES string of the molecule is CCN(CC)C(=O)C(OC(=O)c1sc2nc3n(c(=O)c2c1C)CCC3)c1ccccc1. The van der Waals surface area contributed by atoms with Gasteiger partial charge in [0.2, 0.25) is 6.10 Å². The fourth-order valence-electron chi connectivity index (χ4n) is 4.02. The van der Waals surface area contributed by atoms with Crippen LogP contribution in [0.3, 0.4) is 0 Å². The quantitative estimate of drug-likeness (QED) is 0.549. The first-order valence-corrected chi connectivity index (χ1v) is 11.3. The van der Waals surface area contributed by atoms with Gasteiger partial charge in [-0.3, -0.25) is 14.2 Å². The molecule has 0 radical (unpaired) electrons. The van der Waals surface area contributed by atoms with Gasteiger partial charge in [-0.05, 0) is 32.8 Å². The van der Waals surface area contributed by atoms with Crippen LogP contribution in [0.4, 0.5) is 0 Å². The van der Waals surface area contributed by atoms with E-state index in [1.54, 1.807) is 28.5 Å². The zero-order valence-corrected chi connectivity index (χ0v) is 18.7. The number of likely N-dealkylation sites (N-methyl/N-ethyl adjacent to an activating group) is 1. The monoisotopic (exact) mass is 439 g/mol. The molecule has 1 aromatic carbocycles. The highest BCUT2D eigenvalue weighted by atomic mass is 32.1. The van der Waals surface area contributed by atoms with Crippen LogP contribution in [0.2, 0.25) is 0 Å². The van der Waals surface area contributed by atoms with Crippen molar-refractivity contribution in [3.63, 3.8) is 0 Å². The average Bonchev–Trinajstić information content (AvgIpc) is 3.38. The van der Waals surface area contributed by atoms with E-state index in [0.29, 0.717) is 45.9 Å². The summed E-state index contributed by atoms with van der Waals surface area (Å²) in [5, 5.41) is 0.467. The molecular formula is C23H25N3O4S. The van der Waals surface area contributed by atoms with Crippen molar-refractivity contribution < 1.29 is 14.3 Å². The summed E-state index contributed by atoms with van der Waals surface area (Å²) in [4.78, 5) is 46.3. The second kappa shape index (κ2) is 8.63. The number of aryl methyl sites for hydroxylation is 2. The number of hydrogen-bond acceptors (Lipinski definition) is 6. The number of ether oxygens (including phenoxy) is 1. The number of thiophene rings is 1. The summed E-state index contributed by atoms with van der Waals surface area (Å²) in [6.07, 6.45) is 0.619. The number of amides is 1. The van der Waals surface area contributed by atoms with Gasteiger partial charge in [-0.25, -0.2) is 9.78 Å². The van der Waals surface area contributed by atoms with Crippen LogP contribution in [-0.4, -0.2) is 39.4 Å². The molecule has 162 valence electrons. The van der Waals surface area contributed by atoms with E-state index in [9.17, 15) is 14.4 Å². The van der Waals surface area contributed by atoms with Crippen molar-refractivity contribution in [3.8, 4) is 0 Å². The van der Waals surface area contributed by atoms with E-state index in [1.165, 1.54) is 0 Å². The molecule has 1 aliphatic heterocycles. The lowest BCUT2D eigenvalue weighted by Gasteiger charge is -2.25. The van der Waals surface area contributed by atoms with Gasteiger partial charge in [0.05, 0.1) is 5.39 Å². The van der Waals surface area contributed by atoms with Crippen LogP contribution < -0.4 is 5.56 Å². The van der Waals surface area contributed by atoms with Gasteiger partial charge in [0.25, 0.3) is 11.5 Å². The first-order chi connectivity index (χ1) is 15.0. The van der Waals surface area contributed by atoms with Crippen molar-refractivity contribution in [1.29, 1.82) is 0 Å². The maximum atomic E-state index is 13.2. The van der Waals surface area contributed by atoms with Crippen molar-refractivity contribution in [3.05, 3.63) is 62.5 Å². The van der Waals surface area contributed by atoms with Crippen LogP contribution in [0.25, 0.3) is 10.2 Å². The van der Waals surface area contributed by atoms with Crippen molar-refractivity contribution in [2.75, 3.05) is 13.1 Å². The Labute approximate surface area is 184 Å². The Morgan fingerprint density at radius 3 is 2.61 bits per heavy atom. The number of fused-ring (bicyclic) bond motifs is 2. The number of aromatic nitrogens is 2. The molecular weight excluding hydrogens is 414 g/mol. The van der Waals surface area contributed by atoms with Crippen molar-refractivity contribution in [2.24, 2.45) is 0 Å². The lowest BCUT2D eigenvalue weighted by atomic mass is 10.1. The third-order valence-corrected chi connectivity index (χ3v) is 6.89. The number of carbonyl (C=O) groups is 2. The number of hydrogen-bond donors (Lipinski definition) is 0. The van der Waals surface area contributed by atoms with E-state index in [2.05, 4.69) is 4.98 Å². The maximum absolute atomic E-state index is 13.2. The van der Waals surface area contributed by atoms with Gasteiger partial charge in [0, 0.05) is 31.6 Å². The predicted octanol–water partition coefficient (Wildman–Crippen LogP) is 3.48. The van der Waals surface area contributed by atoms with Crippen molar-refractivity contribution in [2.45, 2.75) is 46.3 Å². The van der Waals surface area contributed by atoms with Crippen LogP contribution in [0, 0.1) is 6.92 Å². The standard InChI is InChI=1S/C23H25N3O4S/c1-4-25(5-2)22(28)18(15-10-7-6-8-11-15)30-23(29)19-14(3)17-20(31-19)24-16-12-9-13-26(16)21(17)27/h6-8,10-11,18H,4-5,9,12-13H2,1-3H3. The zero-order chi connectivity index (χ0) is 22.1. The Bertz CT molecular complexity index is 1190. The summed E-state index contributed by atoms with van der Waals surface area (Å²) in [6, 6.07) is 9.01. The molecule has 0 saturated heterocycles. The minimum absolute atomic E-state index is 0.107. The summed E-state index contributed by atoms with van der Waals surface area (Å²) < 4.78 is 7.45. The Balaban J connectivity index is 1.71. The van der Waals surface area contributed by atoms with Gasteiger partial charge < -0.3 is 9.64 Å². The number of nitrogens with zero attached hydrogens (tertiary/aromatic N) is 3. The fraction of sp³-hybridized carbons (Fsp3) is 0.391. The second-order valence-electron chi connectivity index (χ2n) is 7.53. The number of rotatable bonds is 6. The first kappa shape index (κ1) is 21.2. The van der Waals surface area contributed by atoms with Crippen LogP contribution >= 0.6 is 11.3 Å². The molecule has 0 saturated carbocycles. The normalized spacial score (nSPS) is 13.8. The topological polar surface area (TPSA) is 81.5 Å². The Morgan fingerprint density at radius 2 is 1.94 bits per heavy atom. The molecule has 0 fully saturated rings. The molecule has 0 N–H and O–H groups in total. The van der Waals surface area contributed by atoms with Gasteiger partial charge in [0.1, 0.15) is 15.5 Å². The lowest BCUT2D eigenvalue weighted by molar-refractivity contribution is -0.140. The van der Waals surface area contributed by atoms with Gasteiger partial charge in [0.15, 0.2) is 0 Å². The third-order valence-electron chi connectivity index (χ3n) is 5.72. The highest BCUT2D eigenvalue weighted by Crippen LogP contribution is 2.31. The molecule has 3 heterocycles. The van der Waals surface area contributed by atoms with Gasteiger partial charge >= 0.3 is 5.97 Å². The molecule has 1 aliphatic rings. The minimum atomic E-state index is -1.04. The summed E-state index contributed by atoms with van der Waals surface area (Å²) in [5.41, 5.74) is 1.07. The van der Waals surface area contributed by atoms with E-state index in [4.69, 9.17) is 4.74 Å². The summed E-state index contributed by atoms with van der Waals surface area (Å²) in [6.45, 7) is 7.21. The second-order valence-corrected chi connectivity index (χ2v) is 8.53. The van der Waals surface area contributed by atoms with E-state index in [1.807, 2.05) is 32.0 Å². The van der Waals surface area contributed by atoms with E-state index >= 15 is 0 Å². The molecule has 0 bridgehead atoms. The van der Waals surface area contributed by atoms with Crippen LogP contribution in [-0.2, 0) is 22.5 Å². The van der Waals surface area contributed by atoms with E-state index in [0.717, 1.165) is 30.0 Å². The summed E-state index contributed by atoms with van der Waals surface area (Å²) in [5.74, 6) is -0.113. The maximum Gasteiger partial charge on any atom is 0.349 e. The minimum Gasteiger partial charge on any atom is -0.443 e. The average molecular weight is 440 g/mol. The van der Waals surface area contributed by atoms with Crippen LogP contribution in [0.5, 0.6) is 0 Å². The van der Waals surface area contributed by atoms with Crippen LogP contribution in [0.1, 0.15) is 53.0 Å². The highest BCUT2D eigenvalue weighted by Gasteiger charge is 2.31. The van der Waals surface area contributed by atoms with Crippen molar-refractivity contribution >= 4 is 33.4 Å². The molecule has 1 amide bonds. The molecule has 0 aliphatic carbocycles. The molecule has 3 aromatic rings. The zero-order valence-electron chi connectivity index (χ0n) is 17.9. The molecule has 0 spiro atoms. The third kappa shape index (κ3) is 3.76. The van der Waals surface area contributed by atoms with Gasteiger partial charge in [-0.15, -0.1) is 11.3 Å². The Morgan fingerprint density at radius 1 is 1.23 bits per heavy atom. The molecule has 1 unspecified atom stereocenters. The summed E-state index contributed by atoms with van der Waals surface area (Å²) >= 11 is 1.16. The smallest absolute Gasteiger partial charge is 0.349 e. The predicted molar refractivity (Wildman–Crippen MR) is 119 cm³/mol. The number of carbonyl (C=O) groups excluding carboxylic acids is 2. The molecule has 2 aromatic heterocycles. The molecule has 31 heavy (non-hydrogen) atoms. The highest BCUT2D eigenvalue weighted by molar-refractivity contribution is 7.20. The first-order valence-electron chi connectivity index (χ1n) is 10.5. The molecule has 1 atom stereocenters.